The smallest absolute Gasteiger partial charge is 0.319 e. The third kappa shape index (κ3) is 5.94. The molecule has 0 spiro atoms. The summed E-state index contributed by atoms with van der Waals surface area (Å²) in [5.41, 5.74) is 2.13. The number of halogens is 2. The first-order valence-electron chi connectivity index (χ1n) is 9.78. The van der Waals surface area contributed by atoms with E-state index in [2.05, 4.69) is 10.6 Å². The van der Waals surface area contributed by atoms with Gasteiger partial charge in [0.1, 0.15) is 5.82 Å². The van der Waals surface area contributed by atoms with E-state index in [1.165, 1.54) is 24.3 Å². The maximum atomic E-state index is 13.0. The zero-order chi connectivity index (χ0) is 20.8. The van der Waals surface area contributed by atoms with E-state index in [1.54, 1.807) is 6.07 Å². The number of likely N-dealkylation sites (tertiary alicyclic amines) is 1. The van der Waals surface area contributed by atoms with E-state index >= 15 is 0 Å². The van der Waals surface area contributed by atoms with Crippen molar-refractivity contribution in [2.24, 2.45) is 5.92 Å². The second kappa shape index (κ2) is 9.74. The summed E-state index contributed by atoms with van der Waals surface area (Å²) in [6, 6.07) is 10.8. The van der Waals surface area contributed by atoms with Gasteiger partial charge in [0.05, 0.1) is 0 Å². The summed E-state index contributed by atoms with van der Waals surface area (Å²) in [6.07, 6.45) is 2.65. The van der Waals surface area contributed by atoms with Crippen LogP contribution in [-0.2, 0) is 0 Å². The summed E-state index contributed by atoms with van der Waals surface area (Å²) < 4.78 is 13.0. The lowest BCUT2D eigenvalue weighted by atomic mass is 9.93. The number of carbonyl (C=O) groups is 2. The monoisotopic (exact) mass is 417 g/mol. The molecule has 0 aromatic heterocycles. The minimum Gasteiger partial charge on any atom is -0.339 e. The molecule has 0 atom stereocenters. The van der Waals surface area contributed by atoms with Crippen molar-refractivity contribution in [2.45, 2.75) is 26.2 Å². The third-order valence-corrected chi connectivity index (χ3v) is 5.67. The Labute approximate surface area is 175 Å². The lowest BCUT2D eigenvalue weighted by Gasteiger charge is -2.32. The van der Waals surface area contributed by atoms with E-state index in [-0.39, 0.29) is 17.8 Å². The first-order chi connectivity index (χ1) is 13.9. The second-order valence-electron chi connectivity index (χ2n) is 7.38. The van der Waals surface area contributed by atoms with Crippen LogP contribution in [0.1, 0.15) is 35.2 Å². The van der Waals surface area contributed by atoms with Crippen LogP contribution in [0.15, 0.2) is 42.5 Å². The molecule has 29 heavy (non-hydrogen) atoms. The second-order valence-corrected chi connectivity index (χ2v) is 7.78. The van der Waals surface area contributed by atoms with Crippen LogP contribution in [0.25, 0.3) is 0 Å². The van der Waals surface area contributed by atoms with Crippen molar-refractivity contribution in [3.63, 3.8) is 0 Å². The zero-order valence-corrected chi connectivity index (χ0v) is 17.1. The summed E-state index contributed by atoms with van der Waals surface area (Å²) in [5.74, 6) is 0.0568. The average Bonchev–Trinajstić information content (AvgIpc) is 2.71. The SMILES string of the molecule is Cc1ccc(NC(=O)NCCC2CCN(C(=O)c3ccc(F)cc3)CC2)cc1Cl. The van der Waals surface area contributed by atoms with Crippen LogP contribution < -0.4 is 10.6 Å². The molecule has 0 saturated carbocycles. The summed E-state index contributed by atoms with van der Waals surface area (Å²) in [7, 11) is 0. The Bertz CT molecular complexity index is 865. The van der Waals surface area contributed by atoms with E-state index in [0.717, 1.165) is 24.8 Å². The van der Waals surface area contributed by atoms with Gasteiger partial charge in [0.2, 0.25) is 0 Å². The highest BCUT2D eigenvalue weighted by molar-refractivity contribution is 6.31. The highest BCUT2D eigenvalue weighted by atomic mass is 35.5. The largest absolute Gasteiger partial charge is 0.339 e. The minimum atomic E-state index is -0.345. The molecule has 154 valence electrons. The minimum absolute atomic E-state index is 0.0577. The number of aryl methyl sites for hydroxylation is 1. The molecule has 2 N–H and O–H groups in total. The maximum absolute atomic E-state index is 13.0. The summed E-state index contributed by atoms with van der Waals surface area (Å²) in [6.45, 7) is 3.83. The molecule has 1 saturated heterocycles. The van der Waals surface area contributed by atoms with Gasteiger partial charge in [-0.05, 0) is 74.1 Å². The molecule has 0 aliphatic carbocycles. The molecule has 1 aliphatic heterocycles. The fourth-order valence-electron chi connectivity index (χ4n) is 3.44. The summed E-state index contributed by atoms with van der Waals surface area (Å²) in [4.78, 5) is 26.3. The number of urea groups is 1. The van der Waals surface area contributed by atoms with Crippen LogP contribution in [0.5, 0.6) is 0 Å². The van der Waals surface area contributed by atoms with E-state index in [0.29, 0.717) is 41.8 Å². The first kappa shape index (κ1) is 21.1. The number of anilines is 1. The van der Waals surface area contributed by atoms with Gasteiger partial charge in [0.25, 0.3) is 5.91 Å². The van der Waals surface area contributed by atoms with Gasteiger partial charge in [-0.1, -0.05) is 17.7 Å². The molecule has 1 fully saturated rings. The Morgan fingerprint density at radius 1 is 1.14 bits per heavy atom. The van der Waals surface area contributed by atoms with E-state index < -0.39 is 0 Å². The molecule has 3 amide bonds. The number of rotatable bonds is 5. The average molecular weight is 418 g/mol. The number of carbonyl (C=O) groups excluding carboxylic acids is 2. The molecule has 0 radical (unpaired) electrons. The molecule has 0 unspecified atom stereocenters. The van der Waals surface area contributed by atoms with Gasteiger partial charge < -0.3 is 15.5 Å². The summed E-state index contributed by atoms with van der Waals surface area (Å²) >= 11 is 6.07. The fraction of sp³-hybridized carbons (Fsp3) is 0.364. The Hall–Kier alpha value is -2.60. The van der Waals surface area contributed by atoms with Crippen molar-refractivity contribution in [1.29, 1.82) is 0 Å². The van der Waals surface area contributed by atoms with Gasteiger partial charge in [-0.3, -0.25) is 4.79 Å². The number of nitrogens with one attached hydrogen (secondary N) is 2. The van der Waals surface area contributed by atoms with Crippen molar-refractivity contribution in [1.82, 2.24) is 10.2 Å². The molecule has 1 aliphatic rings. The van der Waals surface area contributed by atoms with Crippen LogP contribution in [-0.4, -0.2) is 36.5 Å². The summed E-state index contributed by atoms with van der Waals surface area (Å²) in [5, 5.41) is 6.26. The van der Waals surface area contributed by atoms with Gasteiger partial charge >= 0.3 is 6.03 Å². The number of hydrogen-bond donors (Lipinski definition) is 2. The van der Waals surface area contributed by atoms with Crippen molar-refractivity contribution in [3.05, 3.63) is 64.4 Å². The Morgan fingerprint density at radius 2 is 1.83 bits per heavy atom. The molecule has 7 heteroatoms. The molecule has 0 bridgehead atoms. The van der Waals surface area contributed by atoms with Crippen LogP contribution in [0, 0.1) is 18.7 Å². The Morgan fingerprint density at radius 3 is 2.48 bits per heavy atom. The van der Waals surface area contributed by atoms with Gasteiger partial charge in [-0.2, -0.15) is 0 Å². The van der Waals surface area contributed by atoms with Crippen LogP contribution in [0.2, 0.25) is 5.02 Å². The standard InChI is InChI=1S/C22H25ClFN3O2/c1-15-2-7-19(14-20(15)23)26-22(29)25-11-8-16-9-12-27(13-10-16)21(28)17-3-5-18(24)6-4-17/h2-7,14,16H,8-13H2,1H3,(H2,25,26,29). The van der Waals surface area contributed by atoms with Crippen LogP contribution >= 0.6 is 11.6 Å². The number of nitrogens with zero attached hydrogens (tertiary/aromatic N) is 1. The van der Waals surface area contributed by atoms with Crippen molar-refractivity contribution < 1.29 is 14.0 Å². The van der Waals surface area contributed by atoms with Gasteiger partial charge in [0, 0.05) is 35.9 Å². The van der Waals surface area contributed by atoms with Crippen LogP contribution in [0.4, 0.5) is 14.9 Å². The highest BCUT2D eigenvalue weighted by Gasteiger charge is 2.23. The predicted molar refractivity (Wildman–Crippen MR) is 113 cm³/mol. The lowest BCUT2D eigenvalue weighted by molar-refractivity contribution is 0.0687. The Kier molecular flexibility index (Phi) is 7.09. The molecule has 1 heterocycles. The first-order valence-corrected chi connectivity index (χ1v) is 10.2. The van der Waals surface area contributed by atoms with Gasteiger partial charge in [-0.15, -0.1) is 0 Å². The fourth-order valence-corrected chi connectivity index (χ4v) is 3.62. The van der Waals surface area contributed by atoms with Crippen molar-refractivity contribution >= 4 is 29.2 Å². The van der Waals surface area contributed by atoms with Crippen molar-refractivity contribution in [2.75, 3.05) is 25.0 Å². The lowest BCUT2D eigenvalue weighted by Crippen LogP contribution is -2.39. The molecule has 2 aromatic carbocycles. The number of benzene rings is 2. The molecule has 2 aromatic rings. The third-order valence-electron chi connectivity index (χ3n) is 5.26. The van der Waals surface area contributed by atoms with Crippen LogP contribution in [0.3, 0.4) is 0 Å². The number of piperidine rings is 1. The van der Waals surface area contributed by atoms with Gasteiger partial charge in [0.15, 0.2) is 0 Å². The van der Waals surface area contributed by atoms with Crippen molar-refractivity contribution in [3.8, 4) is 0 Å². The topological polar surface area (TPSA) is 61.4 Å². The zero-order valence-electron chi connectivity index (χ0n) is 16.4. The highest BCUT2D eigenvalue weighted by Crippen LogP contribution is 2.22. The number of hydrogen-bond acceptors (Lipinski definition) is 2. The molecule has 3 rings (SSSR count). The normalized spacial score (nSPS) is 14.5. The maximum Gasteiger partial charge on any atom is 0.319 e. The van der Waals surface area contributed by atoms with E-state index in [1.807, 2.05) is 24.0 Å². The Balaban J connectivity index is 1.37. The van der Waals surface area contributed by atoms with E-state index in [4.69, 9.17) is 11.6 Å². The molecular weight excluding hydrogens is 393 g/mol. The quantitative estimate of drug-likeness (QED) is 0.730. The van der Waals surface area contributed by atoms with E-state index in [9.17, 15) is 14.0 Å². The van der Waals surface area contributed by atoms with Gasteiger partial charge in [-0.25, -0.2) is 9.18 Å². The molecular formula is C22H25ClFN3O2. The molecule has 5 nitrogen and oxygen atoms in total. The predicted octanol–water partition coefficient (Wildman–Crippen LogP) is 4.85. The number of amides is 3.